The molecule has 1 spiro atoms. The third-order valence-electron chi connectivity index (χ3n) is 6.89. The molecule has 2 aliphatic heterocycles. The van der Waals surface area contributed by atoms with Crippen molar-refractivity contribution < 1.29 is 37.0 Å². The van der Waals surface area contributed by atoms with Crippen LogP contribution in [0.3, 0.4) is 0 Å². The van der Waals surface area contributed by atoms with E-state index in [-0.39, 0.29) is 17.6 Å². The number of benzene rings is 1. The predicted octanol–water partition coefficient (Wildman–Crippen LogP) is 3.70. The van der Waals surface area contributed by atoms with Crippen LogP contribution in [-0.2, 0) is 20.9 Å². The van der Waals surface area contributed by atoms with Crippen molar-refractivity contribution in [2.75, 3.05) is 39.9 Å². The number of ether oxygens (including phenoxy) is 1. The lowest BCUT2D eigenvalue weighted by Crippen LogP contribution is -2.40. The lowest BCUT2D eigenvalue weighted by atomic mass is 9.75. The minimum Gasteiger partial charge on any atom is -0.475 e. The third-order valence-corrected chi connectivity index (χ3v) is 6.89. The fraction of sp³-hybridized carbons (Fsp3) is 0.560. The Morgan fingerprint density at radius 1 is 1.30 bits per heavy atom. The highest BCUT2D eigenvalue weighted by Gasteiger charge is 2.57. The normalized spacial score (nSPS) is 22.1. The Kier molecular flexibility index (Phi) is 8.96. The molecule has 2 fully saturated rings. The number of likely N-dealkylation sites (tertiary alicyclic amines) is 2. The maximum Gasteiger partial charge on any atom is 0.490 e. The fourth-order valence-electron chi connectivity index (χ4n) is 4.93. The molecule has 2 saturated heterocycles. The first kappa shape index (κ1) is 28.6. The van der Waals surface area contributed by atoms with E-state index in [4.69, 9.17) is 14.6 Å². The van der Waals surface area contributed by atoms with Crippen molar-refractivity contribution in [3.05, 3.63) is 53.9 Å². The summed E-state index contributed by atoms with van der Waals surface area (Å²) < 4.78 is 53.3. The lowest BCUT2D eigenvalue weighted by molar-refractivity contribution is -0.192. The Labute approximate surface area is 212 Å². The summed E-state index contributed by atoms with van der Waals surface area (Å²) in [5.74, 6) is -2.77. The monoisotopic (exact) mass is 528 g/mol. The van der Waals surface area contributed by atoms with Crippen LogP contribution in [0.4, 0.5) is 17.6 Å². The van der Waals surface area contributed by atoms with Gasteiger partial charge in [0.2, 0.25) is 5.91 Å². The van der Waals surface area contributed by atoms with Crippen LogP contribution >= 0.6 is 0 Å². The highest BCUT2D eigenvalue weighted by molar-refractivity contribution is 5.86. The highest BCUT2D eigenvalue weighted by atomic mass is 19.4. The molecule has 0 bridgehead atoms. The first-order valence-corrected chi connectivity index (χ1v) is 12.0. The summed E-state index contributed by atoms with van der Waals surface area (Å²) in [6.45, 7) is 7.94. The van der Waals surface area contributed by atoms with Crippen LogP contribution in [0.2, 0.25) is 0 Å². The van der Waals surface area contributed by atoms with Crippen LogP contribution in [0.25, 0.3) is 0 Å². The number of carboxylic acids is 1. The molecule has 4 rings (SSSR count). The smallest absolute Gasteiger partial charge is 0.475 e. The van der Waals surface area contributed by atoms with Crippen LogP contribution in [0.1, 0.15) is 43.5 Å². The summed E-state index contributed by atoms with van der Waals surface area (Å²) >= 11 is 0. The minimum atomic E-state index is -5.08. The van der Waals surface area contributed by atoms with Crippen molar-refractivity contribution >= 4 is 11.9 Å². The third kappa shape index (κ3) is 6.48. The molecule has 0 radical (unpaired) electrons. The second-order valence-electron chi connectivity index (χ2n) is 9.65. The summed E-state index contributed by atoms with van der Waals surface area (Å²) in [6.07, 6.45) is -0.355. The SMILES string of the molecule is COCCN1CCC2(CN(Cc3ccccc3F)CC2c2cn(C(C)C)cn2)C1=O.O=C(O)C(F)(F)F. The molecule has 2 unspecified atom stereocenters. The molecule has 3 heterocycles. The summed E-state index contributed by atoms with van der Waals surface area (Å²) in [6, 6.07) is 7.20. The Hall–Kier alpha value is -2.99. The maximum absolute atomic E-state index is 14.3. The Balaban J connectivity index is 0.000000479. The highest BCUT2D eigenvalue weighted by Crippen LogP contribution is 2.50. The fourth-order valence-corrected chi connectivity index (χ4v) is 4.93. The largest absolute Gasteiger partial charge is 0.490 e. The Bertz CT molecular complexity index is 1090. The van der Waals surface area contributed by atoms with E-state index in [9.17, 15) is 22.4 Å². The van der Waals surface area contributed by atoms with E-state index in [0.29, 0.717) is 44.4 Å². The van der Waals surface area contributed by atoms with Gasteiger partial charge in [-0.25, -0.2) is 14.2 Å². The lowest BCUT2D eigenvalue weighted by Gasteiger charge is -2.28. The predicted molar refractivity (Wildman–Crippen MR) is 126 cm³/mol. The maximum atomic E-state index is 14.3. The molecule has 1 amide bonds. The van der Waals surface area contributed by atoms with Gasteiger partial charge in [0.05, 0.1) is 24.0 Å². The summed E-state index contributed by atoms with van der Waals surface area (Å²) in [7, 11) is 1.66. The van der Waals surface area contributed by atoms with E-state index in [1.165, 1.54) is 6.07 Å². The Morgan fingerprint density at radius 2 is 1.97 bits per heavy atom. The number of aromatic nitrogens is 2. The summed E-state index contributed by atoms with van der Waals surface area (Å²) in [5.41, 5.74) is 1.12. The molecule has 0 aliphatic carbocycles. The quantitative estimate of drug-likeness (QED) is 0.552. The number of nitrogens with zero attached hydrogens (tertiary/aromatic N) is 4. The first-order valence-electron chi connectivity index (χ1n) is 12.0. The van der Waals surface area contributed by atoms with Crippen molar-refractivity contribution in [2.24, 2.45) is 5.41 Å². The van der Waals surface area contributed by atoms with Gasteiger partial charge in [-0.05, 0) is 26.3 Å². The zero-order valence-electron chi connectivity index (χ0n) is 21.0. The van der Waals surface area contributed by atoms with Crippen LogP contribution in [-0.4, -0.2) is 82.4 Å². The number of carbonyl (C=O) groups excluding carboxylic acids is 1. The number of aliphatic carboxylic acids is 1. The van der Waals surface area contributed by atoms with Gasteiger partial charge in [0.1, 0.15) is 5.82 Å². The Morgan fingerprint density at radius 3 is 2.54 bits per heavy atom. The molecule has 1 aromatic heterocycles. The molecule has 1 aromatic carbocycles. The molecule has 12 heteroatoms. The van der Waals surface area contributed by atoms with Crippen molar-refractivity contribution in [3.63, 3.8) is 0 Å². The number of amides is 1. The molecule has 2 aromatic rings. The number of halogens is 4. The van der Waals surface area contributed by atoms with E-state index in [0.717, 1.165) is 18.7 Å². The standard InChI is InChI=1S/C23H31FN4O2.C2HF3O2/c1-17(2)28-14-21(25-16-28)19-13-26(12-18-6-4-5-7-20(18)24)15-23(19)8-9-27(22(23)29)10-11-30-3;3-2(4,5)1(6)7/h4-7,14,16-17,19H,8-13,15H2,1-3H3;(H,6,7). The minimum absolute atomic E-state index is 0.00400. The second kappa shape index (κ2) is 11.6. The van der Waals surface area contributed by atoms with E-state index >= 15 is 0 Å². The van der Waals surface area contributed by atoms with Crippen molar-refractivity contribution in [3.8, 4) is 0 Å². The van der Waals surface area contributed by atoms with Crippen LogP contribution in [0.5, 0.6) is 0 Å². The van der Waals surface area contributed by atoms with Gasteiger partial charge in [0.15, 0.2) is 0 Å². The van der Waals surface area contributed by atoms with Crippen LogP contribution in [0.15, 0.2) is 36.8 Å². The van der Waals surface area contributed by atoms with E-state index in [1.54, 1.807) is 13.2 Å². The van der Waals surface area contributed by atoms with E-state index in [1.807, 2.05) is 23.4 Å². The zero-order valence-corrected chi connectivity index (χ0v) is 21.0. The number of hydrogen-bond acceptors (Lipinski definition) is 5. The number of imidazole rings is 1. The topological polar surface area (TPSA) is 87.9 Å². The molecule has 0 saturated carbocycles. The molecular formula is C25H32F4N4O4. The zero-order chi connectivity index (χ0) is 27.4. The van der Waals surface area contributed by atoms with Crippen molar-refractivity contribution in [2.45, 2.75) is 44.9 Å². The van der Waals surface area contributed by atoms with Gasteiger partial charge >= 0.3 is 12.1 Å². The second-order valence-corrected chi connectivity index (χ2v) is 9.65. The van der Waals surface area contributed by atoms with E-state index < -0.39 is 17.6 Å². The molecule has 8 nitrogen and oxygen atoms in total. The van der Waals surface area contributed by atoms with Gasteiger partial charge in [-0.3, -0.25) is 9.69 Å². The average molecular weight is 529 g/mol. The summed E-state index contributed by atoms with van der Waals surface area (Å²) in [5, 5.41) is 7.12. The van der Waals surface area contributed by atoms with Crippen molar-refractivity contribution in [1.29, 1.82) is 0 Å². The molecule has 2 atom stereocenters. The molecule has 1 N–H and O–H groups in total. The number of alkyl halides is 3. The van der Waals surface area contributed by atoms with Gasteiger partial charge in [0, 0.05) is 63.6 Å². The molecular weight excluding hydrogens is 496 g/mol. The number of carboxylic acid groups (broad SMARTS) is 1. The van der Waals surface area contributed by atoms with Gasteiger partial charge in [-0.2, -0.15) is 13.2 Å². The van der Waals surface area contributed by atoms with Gasteiger partial charge < -0.3 is 19.3 Å². The van der Waals surface area contributed by atoms with Crippen LogP contribution in [0, 0.1) is 11.2 Å². The van der Waals surface area contributed by atoms with Gasteiger partial charge in [0.25, 0.3) is 0 Å². The molecule has 204 valence electrons. The van der Waals surface area contributed by atoms with Crippen LogP contribution < -0.4 is 0 Å². The van der Waals surface area contributed by atoms with Crippen molar-refractivity contribution in [1.82, 2.24) is 19.4 Å². The summed E-state index contributed by atoms with van der Waals surface area (Å²) in [4.78, 5) is 31.3. The molecule has 2 aliphatic rings. The number of carbonyl (C=O) groups is 2. The van der Waals surface area contributed by atoms with E-state index in [2.05, 4.69) is 34.5 Å². The number of hydrogen-bond donors (Lipinski definition) is 1. The number of rotatable bonds is 7. The number of methoxy groups -OCH3 is 1. The average Bonchev–Trinajstić information content (AvgIpc) is 3.53. The van der Waals surface area contributed by atoms with Gasteiger partial charge in [-0.1, -0.05) is 18.2 Å². The first-order chi connectivity index (χ1) is 17.4. The molecule has 37 heavy (non-hydrogen) atoms. The van der Waals surface area contributed by atoms with Gasteiger partial charge in [-0.15, -0.1) is 0 Å².